The van der Waals surface area contributed by atoms with Crippen molar-refractivity contribution in [3.63, 3.8) is 0 Å². The van der Waals surface area contributed by atoms with Crippen molar-refractivity contribution in [2.75, 3.05) is 47.3 Å². The number of nitrogens with zero attached hydrogens (tertiary/aromatic N) is 3. The largest absolute Gasteiger partial charge is 0.304 e. The van der Waals surface area contributed by atoms with Crippen molar-refractivity contribution in [2.24, 2.45) is 0 Å². The molecule has 0 radical (unpaired) electrons. The summed E-state index contributed by atoms with van der Waals surface area (Å²) in [7, 11) is 5.76. The van der Waals surface area contributed by atoms with Gasteiger partial charge in [0.25, 0.3) is 0 Å². The van der Waals surface area contributed by atoms with Crippen LogP contribution in [0.2, 0.25) is 0 Å². The van der Waals surface area contributed by atoms with Crippen LogP contribution in [0.25, 0.3) is 0 Å². The molecule has 2 unspecified atom stereocenters. The van der Waals surface area contributed by atoms with E-state index in [1.807, 2.05) is 0 Å². The summed E-state index contributed by atoms with van der Waals surface area (Å²) in [6.45, 7) is 3.86. The van der Waals surface area contributed by atoms with E-state index in [1.165, 1.54) is 4.90 Å². The first kappa shape index (κ1) is 13.5. The molecule has 2 heterocycles. The zero-order valence-corrected chi connectivity index (χ0v) is 11.3. The Kier molecular flexibility index (Phi) is 3.99. The number of nitrogens with one attached hydrogen (secondary N) is 1. The molecule has 1 N–H and O–H groups in total. The van der Waals surface area contributed by atoms with Crippen molar-refractivity contribution in [2.45, 2.75) is 18.5 Å². The molecule has 0 bridgehead atoms. The summed E-state index contributed by atoms with van der Waals surface area (Å²) in [5.74, 6) is -0.196. The number of carbonyl (C=O) groups is 2. The van der Waals surface area contributed by atoms with Crippen molar-refractivity contribution in [3.05, 3.63) is 0 Å². The third-order valence-electron chi connectivity index (χ3n) is 3.96. The van der Waals surface area contributed by atoms with Gasteiger partial charge in [0.2, 0.25) is 11.8 Å². The maximum Gasteiger partial charge on any atom is 0.246 e. The minimum Gasteiger partial charge on any atom is -0.304 e. The average molecular weight is 254 g/mol. The highest BCUT2D eigenvalue weighted by atomic mass is 16.2. The first-order valence-corrected chi connectivity index (χ1v) is 6.41. The molecule has 18 heavy (non-hydrogen) atoms. The molecule has 2 saturated heterocycles. The van der Waals surface area contributed by atoms with Gasteiger partial charge in [-0.3, -0.25) is 19.4 Å². The van der Waals surface area contributed by atoms with E-state index in [0.717, 1.165) is 26.2 Å². The number of likely N-dealkylation sites (N-methyl/N-ethyl adjacent to an activating group) is 3. The number of hydrogen-bond donors (Lipinski definition) is 1. The zero-order chi connectivity index (χ0) is 13.3. The summed E-state index contributed by atoms with van der Waals surface area (Å²) < 4.78 is 0. The van der Waals surface area contributed by atoms with Gasteiger partial charge in [-0.05, 0) is 14.1 Å². The SMILES string of the molecule is CN1CCN(C)C(CNC2CC(=O)N(C)C2=O)C1. The van der Waals surface area contributed by atoms with E-state index in [0.29, 0.717) is 12.5 Å². The van der Waals surface area contributed by atoms with Gasteiger partial charge in [-0.2, -0.15) is 0 Å². The van der Waals surface area contributed by atoms with E-state index in [1.54, 1.807) is 7.05 Å². The second kappa shape index (κ2) is 5.34. The Morgan fingerprint density at radius 1 is 1.22 bits per heavy atom. The first-order valence-electron chi connectivity index (χ1n) is 6.41. The number of carbonyl (C=O) groups excluding carboxylic acids is 2. The Morgan fingerprint density at radius 3 is 2.56 bits per heavy atom. The summed E-state index contributed by atoms with van der Waals surface area (Å²) >= 11 is 0. The molecule has 0 aromatic rings. The Balaban J connectivity index is 1.84. The van der Waals surface area contributed by atoms with Gasteiger partial charge in [0, 0.05) is 39.3 Å². The van der Waals surface area contributed by atoms with E-state index < -0.39 is 0 Å². The molecule has 2 amide bonds. The van der Waals surface area contributed by atoms with Crippen LogP contribution >= 0.6 is 0 Å². The zero-order valence-electron chi connectivity index (χ0n) is 11.3. The summed E-state index contributed by atoms with van der Waals surface area (Å²) in [6.07, 6.45) is 0.293. The van der Waals surface area contributed by atoms with E-state index in [4.69, 9.17) is 0 Å². The van der Waals surface area contributed by atoms with Gasteiger partial charge in [0.05, 0.1) is 12.5 Å². The smallest absolute Gasteiger partial charge is 0.246 e. The predicted octanol–water partition coefficient (Wildman–Crippen LogP) is -1.42. The molecule has 0 aromatic carbocycles. The van der Waals surface area contributed by atoms with Gasteiger partial charge in [-0.15, -0.1) is 0 Å². The van der Waals surface area contributed by atoms with Crippen LogP contribution in [0, 0.1) is 0 Å². The summed E-state index contributed by atoms with van der Waals surface area (Å²) in [5.41, 5.74) is 0. The molecule has 102 valence electrons. The first-order chi connectivity index (χ1) is 8.49. The third-order valence-corrected chi connectivity index (χ3v) is 3.96. The van der Waals surface area contributed by atoms with Gasteiger partial charge in [-0.25, -0.2) is 0 Å². The van der Waals surface area contributed by atoms with Crippen LogP contribution in [-0.4, -0.2) is 85.9 Å². The second-order valence-electron chi connectivity index (χ2n) is 5.35. The average Bonchev–Trinajstić information content (AvgIpc) is 2.58. The monoisotopic (exact) mass is 254 g/mol. The van der Waals surface area contributed by atoms with Crippen molar-refractivity contribution < 1.29 is 9.59 Å². The van der Waals surface area contributed by atoms with Crippen LogP contribution in [0.4, 0.5) is 0 Å². The highest BCUT2D eigenvalue weighted by Gasteiger charge is 2.36. The molecule has 0 aromatic heterocycles. The Hall–Kier alpha value is -0.980. The van der Waals surface area contributed by atoms with Gasteiger partial charge in [0.1, 0.15) is 0 Å². The lowest BCUT2D eigenvalue weighted by atomic mass is 10.1. The van der Waals surface area contributed by atoms with Gasteiger partial charge >= 0.3 is 0 Å². The molecule has 2 aliphatic rings. The van der Waals surface area contributed by atoms with Crippen molar-refractivity contribution in [1.82, 2.24) is 20.0 Å². The predicted molar refractivity (Wildman–Crippen MR) is 68.1 cm³/mol. The normalized spacial score (nSPS) is 31.4. The summed E-state index contributed by atoms with van der Waals surface area (Å²) in [4.78, 5) is 29.0. The molecule has 6 nitrogen and oxygen atoms in total. The van der Waals surface area contributed by atoms with Gasteiger partial charge in [-0.1, -0.05) is 0 Å². The molecule has 2 fully saturated rings. The minimum atomic E-state index is -0.330. The maximum atomic E-state index is 11.8. The molecule has 0 saturated carbocycles. The van der Waals surface area contributed by atoms with Crippen LogP contribution in [0.3, 0.4) is 0 Å². The maximum absolute atomic E-state index is 11.8. The Morgan fingerprint density at radius 2 is 1.94 bits per heavy atom. The van der Waals surface area contributed by atoms with Crippen LogP contribution < -0.4 is 5.32 Å². The van der Waals surface area contributed by atoms with Gasteiger partial charge in [0.15, 0.2) is 0 Å². The Bertz CT molecular complexity index is 347. The second-order valence-corrected chi connectivity index (χ2v) is 5.35. The van der Waals surface area contributed by atoms with E-state index >= 15 is 0 Å². The van der Waals surface area contributed by atoms with Crippen molar-refractivity contribution >= 4 is 11.8 Å². The molecule has 2 rings (SSSR count). The van der Waals surface area contributed by atoms with Crippen molar-refractivity contribution in [3.8, 4) is 0 Å². The number of imide groups is 1. The number of likely N-dealkylation sites (tertiary alicyclic amines) is 1. The molecule has 6 heteroatoms. The quantitative estimate of drug-likeness (QED) is 0.627. The lowest BCUT2D eigenvalue weighted by molar-refractivity contribution is -0.137. The molecule has 2 atom stereocenters. The highest BCUT2D eigenvalue weighted by Crippen LogP contribution is 2.11. The highest BCUT2D eigenvalue weighted by molar-refractivity contribution is 6.05. The Labute approximate surface area is 108 Å². The minimum absolute atomic E-state index is 0.0911. The number of amides is 2. The van der Waals surface area contributed by atoms with E-state index in [-0.39, 0.29) is 17.9 Å². The lowest BCUT2D eigenvalue weighted by Gasteiger charge is -2.38. The molecule has 0 aliphatic carbocycles. The number of hydrogen-bond acceptors (Lipinski definition) is 5. The molecule has 2 aliphatic heterocycles. The van der Waals surface area contributed by atoms with Crippen LogP contribution in [0.5, 0.6) is 0 Å². The fourth-order valence-electron chi connectivity index (χ4n) is 2.52. The summed E-state index contributed by atoms with van der Waals surface area (Å²) in [5, 5.41) is 3.23. The molecular weight excluding hydrogens is 232 g/mol. The van der Waals surface area contributed by atoms with Crippen LogP contribution in [0.1, 0.15) is 6.42 Å². The topological polar surface area (TPSA) is 55.9 Å². The lowest BCUT2D eigenvalue weighted by Crippen LogP contribution is -2.55. The van der Waals surface area contributed by atoms with Crippen molar-refractivity contribution in [1.29, 1.82) is 0 Å². The van der Waals surface area contributed by atoms with Crippen LogP contribution in [0.15, 0.2) is 0 Å². The fourth-order valence-corrected chi connectivity index (χ4v) is 2.52. The fraction of sp³-hybridized carbons (Fsp3) is 0.833. The molecule has 0 spiro atoms. The standard InChI is InChI=1S/C12H22N4O2/c1-14-4-5-15(2)9(8-14)7-13-10-6-11(17)16(3)12(10)18/h9-10,13H,4-8H2,1-3H3. The summed E-state index contributed by atoms with van der Waals surface area (Å²) in [6, 6.07) is 0.0701. The van der Waals surface area contributed by atoms with E-state index in [2.05, 4.69) is 29.2 Å². The number of rotatable bonds is 3. The number of piperazine rings is 1. The third kappa shape index (κ3) is 2.71. The van der Waals surface area contributed by atoms with Gasteiger partial charge < -0.3 is 10.2 Å². The molecular formula is C12H22N4O2. The van der Waals surface area contributed by atoms with Crippen LogP contribution in [-0.2, 0) is 9.59 Å². The van der Waals surface area contributed by atoms with E-state index in [9.17, 15) is 9.59 Å².